The summed E-state index contributed by atoms with van der Waals surface area (Å²) in [7, 11) is 0. The predicted molar refractivity (Wildman–Crippen MR) is 66.4 cm³/mol. The van der Waals surface area contributed by atoms with Crippen molar-refractivity contribution in [3.63, 3.8) is 0 Å². The molecular formula is C13H18N2O2. The number of anilines is 1. The molecular weight excluding hydrogens is 216 g/mol. The number of amides is 1. The standard InChI is InChI=1S/C13H18N2O2/c1-3-7-17-12-8-11-5-4-6-15(10(2)16)13(11)14-9-12/h8-9H,3-7H2,1-2H3. The third-order valence-electron chi connectivity index (χ3n) is 2.85. The van der Waals surface area contributed by atoms with Crippen LogP contribution in [0.4, 0.5) is 5.82 Å². The quantitative estimate of drug-likeness (QED) is 0.805. The molecule has 0 unspecified atom stereocenters. The molecule has 0 spiro atoms. The van der Waals surface area contributed by atoms with E-state index in [1.165, 1.54) is 0 Å². The van der Waals surface area contributed by atoms with Gasteiger partial charge in [-0.3, -0.25) is 9.69 Å². The van der Waals surface area contributed by atoms with Gasteiger partial charge in [-0.05, 0) is 30.9 Å². The van der Waals surface area contributed by atoms with Gasteiger partial charge in [-0.2, -0.15) is 0 Å². The Hall–Kier alpha value is -1.58. The smallest absolute Gasteiger partial charge is 0.225 e. The van der Waals surface area contributed by atoms with E-state index in [4.69, 9.17) is 4.74 Å². The number of ether oxygens (including phenoxy) is 1. The molecule has 0 radical (unpaired) electrons. The van der Waals surface area contributed by atoms with Crippen molar-refractivity contribution in [2.45, 2.75) is 33.1 Å². The van der Waals surface area contributed by atoms with Gasteiger partial charge in [0.05, 0.1) is 12.8 Å². The highest BCUT2D eigenvalue weighted by molar-refractivity contribution is 5.91. The van der Waals surface area contributed by atoms with Gasteiger partial charge >= 0.3 is 0 Å². The maximum Gasteiger partial charge on any atom is 0.225 e. The van der Waals surface area contributed by atoms with Gasteiger partial charge < -0.3 is 4.74 Å². The normalized spacial score (nSPS) is 14.4. The molecule has 2 heterocycles. The van der Waals surface area contributed by atoms with E-state index in [1.807, 2.05) is 6.07 Å². The second kappa shape index (κ2) is 5.17. The Labute approximate surface area is 102 Å². The average Bonchev–Trinajstić information content (AvgIpc) is 2.35. The summed E-state index contributed by atoms with van der Waals surface area (Å²) in [5.41, 5.74) is 1.11. The lowest BCUT2D eigenvalue weighted by Crippen LogP contribution is -2.34. The third-order valence-corrected chi connectivity index (χ3v) is 2.85. The molecule has 0 fully saturated rings. The Morgan fingerprint density at radius 3 is 3.12 bits per heavy atom. The highest BCUT2D eigenvalue weighted by atomic mass is 16.5. The van der Waals surface area contributed by atoms with Crippen LogP contribution in [0.5, 0.6) is 5.75 Å². The summed E-state index contributed by atoms with van der Waals surface area (Å²) < 4.78 is 5.55. The molecule has 0 atom stereocenters. The van der Waals surface area contributed by atoms with Crippen LogP contribution in [0.15, 0.2) is 12.3 Å². The molecule has 92 valence electrons. The summed E-state index contributed by atoms with van der Waals surface area (Å²) >= 11 is 0. The fourth-order valence-electron chi connectivity index (χ4n) is 2.05. The summed E-state index contributed by atoms with van der Waals surface area (Å²) in [5.74, 6) is 1.66. The van der Waals surface area contributed by atoms with Crippen molar-refractivity contribution in [2.75, 3.05) is 18.1 Å². The van der Waals surface area contributed by atoms with Crippen LogP contribution in [0.2, 0.25) is 0 Å². The van der Waals surface area contributed by atoms with Crippen LogP contribution in [0.1, 0.15) is 32.3 Å². The monoisotopic (exact) mass is 234 g/mol. The van der Waals surface area contributed by atoms with Crippen molar-refractivity contribution in [3.05, 3.63) is 17.8 Å². The fraction of sp³-hybridized carbons (Fsp3) is 0.538. The first kappa shape index (κ1) is 11.9. The SMILES string of the molecule is CCCOc1cnc2c(c1)CCCN2C(C)=O. The Kier molecular flexibility index (Phi) is 3.61. The van der Waals surface area contributed by atoms with Crippen LogP contribution in [0.25, 0.3) is 0 Å². The van der Waals surface area contributed by atoms with Gasteiger partial charge in [0.15, 0.2) is 0 Å². The number of aromatic nitrogens is 1. The van der Waals surface area contributed by atoms with E-state index >= 15 is 0 Å². The van der Waals surface area contributed by atoms with Crippen LogP contribution in [-0.2, 0) is 11.2 Å². The number of fused-ring (bicyclic) bond motifs is 1. The van der Waals surface area contributed by atoms with Gasteiger partial charge in [-0.1, -0.05) is 6.92 Å². The maximum absolute atomic E-state index is 11.5. The topological polar surface area (TPSA) is 42.4 Å². The minimum Gasteiger partial charge on any atom is -0.492 e. The lowest BCUT2D eigenvalue weighted by Gasteiger charge is -2.27. The number of aryl methyl sites for hydroxylation is 1. The molecule has 4 heteroatoms. The van der Waals surface area contributed by atoms with Gasteiger partial charge in [-0.25, -0.2) is 4.98 Å². The maximum atomic E-state index is 11.5. The van der Waals surface area contributed by atoms with Crippen molar-refractivity contribution in [2.24, 2.45) is 0 Å². The van der Waals surface area contributed by atoms with E-state index in [9.17, 15) is 4.79 Å². The van der Waals surface area contributed by atoms with Crippen molar-refractivity contribution in [3.8, 4) is 5.75 Å². The highest BCUT2D eigenvalue weighted by Gasteiger charge is 2.21. The van der Waals surface area contributed by atoms with Crippen molar-refractivity contribution in [1.29, 1.82) is 0 Å². The van der Waals surface area contributed by atoms with Crippen molar-refractivity contribution < 1.29 is 9.53 Å². The zero-order chi connectivity index (χ0) is 12.3. The molecule has 0 N–H and O–H groups in total. The molecule has 17 heavy (non-hydrogen) atoms. The number of nitrogens with zero attached hydrogens (tertiary/aromatic N) is 2. The lowest BCUT2D eigenvalue weighted by atomic mass is 10.1. The number of pyridine rings is 1. The largest absolute Gasteiger partial charge is 0.492 e. The molecule has 4 nitrogen and oxygen atoms in total. The Bertz CT molecular complexity index is 418. The second-order valence-corrected chi connectivity index (χ2v) is 4.28. The minimum atomic E-state index is 0.0562. The predicted octanol–water partition coefficient (Wildman–Crippen LogP) is 2.17. The number of hydrogen-bond donors (Lipinski definition) is 0. The molecule has 1 aromatic rings. The first-order valence-corrected chi connectivity index (χ1v) is 6.12. The van der Waals surface area contributed by atoms with Crippen LogP contribution in [-0.4, -0.2) is 24.0 Å². The molecule has 0 aromatic carbocycles. The molecule has 1 aliphatic rings. The number of rotatable bonds is 3. The Morgan fingerprint density at radius 1 is 1.59 bits per heavy atom. The van der Waals surface area contributed by atoms with E-state index in [0.29, 0.717) is 6.61 Å². The van der Waals surface area contributed by atoms with Crippen molar-refractivity contribution >= 4 is 11.7 Å². The molecule has 2 rings (SSSR count). The zero-order valence-electron chi connectivity index (χ0n) is 10.4. The number of hydrogen-bond acceptors (Lipinski definition) is 3. The molecule has 1 amide bonds. The zero-order valence-corrected chi connectivity index (χ0v) is 10.4. The fourth-order valence-corrected chi connectivity index (χ4v) is 2.05. The average molecular weight is 234 g/mol. The summed E-state index contributed by atoms with van der Waals surface area (Å²) in [6.45, 7) is 5.13. The van der Waals surface area contributed by atoms with Crippen LogP contribution in [0, 0.1) is 0 Å². The molecule has 0 saturated heterocycles. The lowest BCUT2D eigenvalue weighted by molar-refractivity contribution is -0.116. The highest BCUT2D eigenvalue weighted by Crippen LogP contribution is 2.27. The van der Waals surface area contributed by atoms with Crippen LogP contribution < -0.4 is 9.64 Å². The Balaban J connectivity index is 2.23. The van der Waals surface area contributed by atoms with E-state index in [-0.39, 0.29) is 5.91 Å². The number of carbonyl (C=O) groups excluding carboxylic acids is 1. The summed E-state index contributed by atoms with van der Waals surface area (Å²) in [6.07, 6.45) is 4.65. The van der Waals surface area contributed by atoms with Crippen molar-refractivity contribution in [1.82, 2.24) is 4.98 Å². The minimum absolute atomic E-state index is 0.0562. The molecule has 0 saturated carbocycles. The van der Waals surface area contributed by atoms with Gasteiger partial charge in [0.1, 0.15) is 11.6 Å². The van der Waals surface area contributed by atoms with Crippen LogP contribution in [0.3, 0.4) is 0 Å². The summed E-state index contributed by atoms with van der Waals surface area (Å²) in [5, 5.41) is 0. The number of carbonyl (C=O) groups is 1. The molecule has 0 aliphatic carbocycles. The summed E-state index contributed by atoms with van der Waals surface area (Å²) in [4.78, 5) is 17.6. The van der Waals surface area contributed by atoms with Crippen LogP contribution >= 0.6 is 0 Å². The van der Waals surface area contributed by atoms with E-state index in [1.54, 1.807) is 18.0 Å². The van der Waals surface area contributed by atoms with E-state index in [2.05, 4.69) is 11.9 Å². The first-order chi connectivity index (χ1) is 8.22. The van der Waals surface area contributed by atoms with Gasteiger partial charge in [0.2, 0.25) is 5.91 Å². The third kappa shape index (κ3) is 2.57. The second-order valence-electron chi connectivity index (χ2n) is 4.28. The molecule has 1 aromatic heterocycles. The van der Waals surface area contributed by atoms with Gasteiger partial charge in [0.25, 0.3) is 0 Å². The van der Waals surface area contributed by atoms with E-state index in [0.717, 1.165) is 42.9 Å². The van der Waals surface area contributed by atoms with Gasteiger partial charge in [-0.15, -0.1) is 0 Å². The van der Waals surface area contributed by atoms with Gasteiger partial charge in [0, 0.05) is 13.5 Å². The molecule has 0 bridgehead atoms. The Morgan fingerprint density at radius 2 is 2.41 bits per heavy atom. The molecule has 1 aliphatic heterocycles. The summed E-state index contributed by atoms with van der Waals surface area (Å²) in [6, 6.07) is 2.01. The van der Waals surface area contributed by atoms with E-state index < -0.39 is 0 Å². The first-order valence-electron chi connectivity index (χ1n) is 6.12.